The summed E-state index contributed by atoms with van der Waals surface area (Å²) in [5.74, 6) is -3.11. The fourth-order valence-corrected chi connectivity index (χ4v) is 10.5. The molecule has 0 aliphatic carbocycles. The van der Waals surface area contributed by atoms with E-state index in [0.717, 1.165) is 109 Å². The van der Waals surface area contributed by atoms with Crippen LogP contribution in [0.4, 0.5) is 0 Å². The normalized spacial score (nSPS) is 17.8. The Morgan fingerprint density at radius 2 is 0.723 bits per heavy atom. The van der Waals surface area contributed by atoms with Gasteiger partial charge in [0.1, 0.15) is 18.8 Å². The molecule has 0 aromatic heterocycles. The summed E-state index contributed by atoms with van der Waals surface area (Å²) < 4.78 is 28.6. The molecule has 0 aromatic carbocycles. The number of ether oxygens (including phenoxy) is 5. The van der Waals surface area contributed by atoms with Crippen LogP contribution in [0.2, 0.25) is 0 Å². The summed E-state index contributed by atoms with van der Waals surface area (Å²) in [5, 5.41) is 31.6. The third kappa shape index (κ3) is 48.5. The average molecular weight is 1170 g/mol. The first-order chi connectivity index (χ1) is 40.6. The SMILES string of the molecule is CCCCC/C=C\C/C=C\CCCCCCCCCC(=O)OC1C(OCC(COC(=O)CCCCCCCCCCC/C=C\CCCCCCCC)OC(=O)CCCCCCCCC/C=C\CCCCCCCC)OC(C(=O)O)C(O)C1O. The molecule has 12 heteroatoms. The Kier molecular flexibility index (Phi) is 55.3. The summed E-state index contributed by atoms with van der Waals surface area (Å²) in [7, 11) is 0. The third-order valence-corrected chi connectivity index (χ3v) is 15.8. The number of aliphatic hydroxyl groups is 2. The van der Waals surface area contributed by atoms with Crippen molar-refractivity contribution in [2.24, 2.45) is 0 Å². The van der Waals surface area contributed by atoms with E-state index in [0.29, 0.717) is 19.3 Å². The molecule has 0 aromatic rings. The molecule has 1 heterocycles. The minimum absolute atomic E-state index is 0.0527. The van der Waals surface area contributed by atoms with Crippen LogP contribution in [0.1, 0.15) is 329 Å². The van der Waals surface area contributed by atoms with Crippen molar-refractivity contribution in [1.29, 1.82) is 0 Å². The second-order valence-corrected chi connectivity index (χ2v) is 23.8. The summed E-state index contributed by atoms with van der Waals surface area (Å²) in [4.78, 5) is 51.4. The molecular formula is C71H126O12. The number of rotatable bonds is 60. The Morgan fingerprint density at radius 1 is 0.398 bits per heavy atom. The number of unbranched alkanes of at least 4 members (excludes halogenated alkanes) is 38. The number of carbonyl (C=O) groups excluding carboxylic acids is 3. The van der Waals surface area contributed by atoms with Crippen molar-refractivity contribution in [3.8, 4) is 0 Å². The maximum absolute atomic E-state index is 13.2. The highest BCUT2D eigenvalue weighted by molar-refractivity contribution is 5.74. The van der Waals surface area contributed by atoms with Crippen LogP contribution in [-0.2, 0) is 42.9 Å². The van der Waals surface area contributed by atoms with Crippen LogP contribution in [0.15, 0.2) is 48.6 Å². The monoisotopic (exact) mass is 1170 g/mol. The molecule has 1 aliphatic heterocycles. The van der Waals surface area contributed by atoms with Crippen molar-refractivity contribution in [2.75, 3.05) is 13.2 Å². The molecule has 0 radical (unpaired) electrons. The Bertz CT molecular complexity index is 1630. The predicted molar refractivity (Wildman–Crippen MR) is 340 cm³/mol. The summed E-state index contributed by atoms with van der Waals surface area (Å²) >= 11 is 0. The van der Waals surface area contributed by atoms with Gasteiger partial charge in [0.2, 0.25) is 0 Å². The van der Waals surface area contributed by atoms with Gasteiger partial charge in [0.05, 0.1) is 6.61 Å². The van der Waals surface area contributed by atoms with E-state index in [-0.39, 0.29) is 25.9 Å². The van der Waals surface area contributed by atoms with E-state index in [1.807, 2.05) is 0 Å². The summed E-state index contributed by atoms with van der Waals surface area (Å²) in [6, 6.07) is 0. The van der Waals surface area contributed by atoms with Crippen LogP contribution < -0.4 is 0 Å². The van der Waals surface area contributed by atoms with Gasteiger partial charge in [-0.15, -0.1) is 0 Å². The van der Waals surface area contributed by atoms with Crippen molar-refractivity contribution in [2.45, 2.75) is 366 Å². The van der Waals surface area contributed by atoms with Crippen molar-refractivity contribution < 1.29 is 58.2 Å². The lowest BCUT2D eigenvalue weighted by atomic mass is 9.98. The Balaban J connectivity index is 2.64. The minimum atomic E-state index is -1.91. The fraction of sp³-hybridized carbons (Fsp3) is 0.831. The molecule has 6 unspecified atom stereocenters. The smallest absolute Gasteiger partial charge is 0.335 e. The Hall–Kier alpha value is -3.32. The molecule has 6 atom stereocenters. The van der Waals surface area contributed by atoms with Crippen LogP contribution in [-0.4, -0.2) is 89.2 Å². The third-order valence-electron chi connectivity index (χ3n) is 15.8. The van der Waals surface area contributed by atoms with E-state index < -0.39 is 67.3 Å². The zero-order chi connectivity index (χ0) is 60.3. The van der Waals surface area contributed by atoms with E-state index in [2.05, 4.69) is 69.4 Å². The first kappa shape index (κ1) is 77.7. The zero-order valence-corrected chi connectivity index (χ0v) is 53.5. The number of aliphatic hydroxyl groups excluding tert-OH is 2. The van der Waals surface area contributed by atoms with Crippen molar-refractivity contribution in [3.63, 3.8) is 0 Å². The molecule has 1 saturated heterocycles. The number of carboxylic acids is 1. The van der Waals surface area contributed by atoms with E-state index in [4.69, 9.17) is 23.7 Å². The molecule has 482 valence electrons. The molecule has 1 aliphatic rings. The van der Waals surface area contributed by atoms with Gasteiger partial charge in [-0.3, -0.25) is 14.4 Å². The summed E-state index contributed by atoms with van der Waals surface area (Å²) in [5.41, 5.74) is 0. The molecule has 0 saturated carbocycles. The van der Waals surface area contributed by atoms with Gasteiger partial charge in [0.15, 0.2) is 24.6 Å². The molecule has 3 N–H and O–H groups in total. The summed E-state index contributed by atoms with van der Waals surface area (Å²) in [6.45, 7) is 6.01. The van der Waals surface area contributed by atoms with Gasteiger partial charge in [-0.1, -0.05) is 256 Å². The molecule has 0 spiro atoms. The topological polar surface area (TPSA) is 175 Å². The molecule has 12 nitrogen and oxygen atoms in total. The average Bonchev–Trinajstić information content (AvgIpc) is 3.55. The molecule has 0 bridgehead atoms. The Labute approximate surface area is 507 Å². The lowest BCUT2D eigenvalue weighted by Crippen LogP contribution is -2.61. The quantitative estimate of drug-likeness (QED) is 0.0228. The predicted octanol–water partition coefficient (Wildman–Crippen LogP) is 18.9. The standard InChI is InChI=1S/C71H126O12/c1-4-7-10-13-16-19-22-25-28-31-32-35-36-39-42-45-48-51-54-57-63(72)79-60-62(81-64(73)58-55-52-49-46-43-40-37-33-29-26-23-20-17-14-11-8-5-2)61-80-71-69(67(76)66(75)68(83-71)70(77)78)82-65(74)59-56-53-50-47-44-41-38-34-30-27-24-21-18-15-12-9-6-3/h18,21,25-30,62,66-69,71,75-76H,4-17,19-20,22-24,31-61H2,1-3H3,(H,77,78)/b21-18-,28-25-,29-26-,30-27-. The van der Waals surface area contributed by atoms with Gasteiger partial charge in [-0.2, -0.15) is 0 Å². The highest BCUT2D eigenvalue weighted by atomic mass is 16.7. The molecule has 1 rings (SSSR count). The molecular weight excluding hydrogens is 1040 g/mol. The highest BCUT2D eigenvalue weighted by Gasteiger charge is 2.50. The van der Waals surface area contributed by atoms with Gasteiger partial charge in [0.25, 0.3) is 0 Å². The fourth-order valence-electron chi connectivity index (χ4n) is 10.5. The van der Waals surface area contributed by atoms with Crippen LogP contribution in [0.25, 0.3) is 0 Å². The van der Waals surface area contributed by atoms with Crippen molar-refractivity contribution in [1.82, 2.24) is 0 Å². The number of carboxylic acid groups (broad SMARTS) is 1. The first-order valence-corrected chi connectivity index (χ1v) is 34.6. The van der Waals surface area contributed by atoms with Gasteiger partial charge in [-0.05, 0) is 103 Å². The van der Waals surface area contributed by atoms with Gasteiger partial charge < -0.3 is 39.0 Å². The number of hydrogen-bond acceptors (Lipinski definition) is 11. The number of hydrogen-bond donors (Lipinski definition) is 3. The van der Waals surface area contributed by atoms with Gasteiger partial charge in [-0.25, -0.2) is 4.79 Å². The maximum Gasteiger partial charge on any atom is 0.335 e. The van der Waals surface area contributed by atoms with Crippen LogP contribution >= 0.6 is 0 Å². The van der Waals surface area contributed by atoms with Crippen LogP contribution in [0.3, 0.4) is 0 Å². The molecule has 1 fully saturated rings. The number of carbonyl (C=O) groups is 4. The lowest BCUT2D eigenvalue weighted by molar-refractivity contribution is -0.301. The number of aliphatic carboxylic acids is 1. The largest absolute Gasteiger partial charge is 0.479 e. The maximum atomic E-state index is 13.2. The van der Waals surface area contributed by atoms with Crippen LogP contribution in [0.5, 0.6) is 0 Å². The van der Waals surface area contributed by atoms with Crippen molar-refractivity contribution >= 4 is 23.9 Å². The van der Waals surface area contributed by atoms with E-state index in [1.165, 1.54) is 161 Å². The Morgan fingerprint density at radius 3 is 1.12 bits per heavy atom. The van der Waals surface area contributed by atoms with Gasteiger partial charge in [0, 0.05) is 19.3 Å². The first-order valence-electron chi connectivity index (χ1n) is 34.6. The zero-order valence-electron chi connectivity index (χ0n) is 53.5. The van der Waals surface area contributed by atoms with Gasteiger partial charge >= 0.3 is 23.9 Å². The van der Waals surface area contributed by atoms with E-state index >= 15 is 0 Å². The second-order valence-electron chi connectivity index (χ2n) is 23.8. The summed E-state index contributed by atoms with van der Waals surface area (Å²) in [6.07, 6.45) is 60.6. The highest BCUT2D eigenvalue weighted by Crippen LogP contribution is 2.27. The molecule has 0 amide bonds. The van der Waals surface area contributed by atoms with Crippen LogP contribution in [0, 0.1) is 0 Å². The number of esters is 3. The minimum Gasteiger partial charge on any atom is -0.479 e. The van der Waals surface area contributed by atoms with E-state index in [1.54, 1.807) is 0 Å². The van der Waals surface area contributed by atoms with E-state index in [9.17, 15) is 34.5 Å². The lowest BCUT2D eigenvalue weighted by Gasteiger charge is -2.40. The number of allylic oxidation sites excluding steroid dienone is 8. The van der Waals surface area contributed by atoms with Crippen molar-refractivity contribution in [3.05, 3.63) is 48.6 Å². The molecule has 83 heavy (non-hydrogen) atoms. The second kappa shape index (κ2) is 59.0.